The van der Waals surface area contributed by atoms with E-state index in [-0.39, 0.29) is 5.56 Å². The fourth-order valence-electron chi connectivity index (χ4n) is 4.46. The van der Waals surface area contributed by atoms with Crippen LogP contribution >= 0.6 is 0 Å². The Morgan fingerprint density at radius 2 is 2.00 bits per heavy atom. The molecule has 0 aromatic carbocycles. The van der Waals surface area contributed by atoms with Crippen LogP contribution in [0, 0.1) is 12.8 Å². The van der Waals surface area contributed by atoms with E-state index in [0.717, 1.165) is 54.4 Å². The van der Waals surface area contributed by atoms with E-state index in [1.807, 2.05) is 35.9 Å². The van der Waals surface area contributed by atoms with E-state index in [1.165, 1.54) is 0 Å². The highest BCUT2D eigenvalue weighted by Crippen LogP contribution is 2.37. The summed E-state index contributed by atoms with van der Waals surface area (Å²) in [4.78, 5) is 28.0. The summed E-state index contributed by atoms with van der Waals surface area (Å²) in [6.07, 6.45) is 6.32. The van der Waals surface area contributed by atoms with Gasteiger partial charge in [-0.25, -0.2) is 9.97 Å². The lowest BCUT2D eigenvalue weighted by atomic mass is 9.82. The summed E-state index contributed by atoms with van der Waals surface area (Å²) >= 11 is 0. The molecule has 6 nitrogen and oxygen atoms in total. The van der Waals surface area contributed by atoms with Crippen LogP contribution in [0.1, 0.15) is 23.7 Å². The van der Waals surface area contributed by atoms with Crippen molar-refractivity contribution < 1.29 is 0 Å². The zero-order valence-electron chi connectivity index (χ0n) is 15.2. The van der Waals surface area contributed by atoms with Crippen molar-refractivity contribution in [1.29, 1.82) is 0 Å². The van der Waals surface area contributed by atoms with Crippen molar-refractivity contribution in [2.24, 2.45) is 5.92 Å². The fraction of sp³-hybridized carbons (Fsp3) is 0.333. The molecule has 27 heavy (non-hydrogen) atoms. The van der Waals surface area contributed by atoms with E-state index in [2.05, 4.69) is 25.9 Å². The highest BCUT2D eigenvalue weighted by molar-refractivity contribution is 5.62. The Morgan fingerprint density at radius 1 is 1.07 bits per heavy atom. The summed E-state index contributed by atoms with van der Waals surface area (Å²) < 4.78 is 1.97. The van der Waals surface area contributed by atoms with Crippen LogP contribution in [0.15, 0.2) is 53.8 Å². The number of rotatable bonds is 2. The van der Waals surface area contributed by atoms with Crippen molar-refractivity contribution in [2.75, 3.05) is 18.0 Å². The highest BCUT2D eigenvalue weighted by Gasteiger charge is 2.35. The van der Waals surface area contributed by atoms with E-state index >= 15 is 0 Å². The van der Waals surface area contributed by atoms with E-state index in [9.17, 15) is 4.79 Å². The molecule has 0 aliphatic carbocycles. The Bertz CT molecular complexity index is 1050. The molecule has 3 aromatic heterocycles. The average Bonchev–Trinajstić information content (AvgIpc) is 2.69. The first-order chi connectivity index (χ1) is 13.2. The minimum atomic E-state index is 0.0902. The Morgan fingerprint density at radius 3 is 2.81 bits per heavy atom. The molecule has 5 heterocycles. The molecule has 3 aromatic rings. The van der Waals surface area contributed by atoms with E-state index < -0.39 is 0 Å². The molecule has 2 atom stereocenters. The van der Waals surface area contributed by atoms with Gasteiger partial charge < -0.3 is 9.47 Å². The number of nitrogens with zero attached hydrogens (tertiary/aromatic N) is 5. The van der Waals surface area contributed by atoms with Crippen molar-refractivity contribution in [1.82, 2.24) is 19.5 Å². The van der Waals surface area contributed by atoms with Gasteiger partial charge in [0, 0.05) is 67.0 Å². The predicted octanol–water partition coefficient (Wildman–Crippen LogP) is 2.63. The topological polar surface area (TPSA) is 63.9 Å². The van der Waals surface area contributed by atoms with Gasteiger partial charge >= 0.3 is 0 Å². The van der Waals surface area contributed by atoms with E-state index in [1.54, 1.807) is 18.6 Å². The lowest BCUT2D eigenvalue weighted by molar-refractivity contribution is 0.280. The van der Waals surface area contributed by atoms with Gasteiger partial charge in [-0.1, -0.05) is 6.07 Å². The molecule has 0 amide bonds. The van der Waals surface area contributed by atoms with Crippen LogP contribution in [0.5, 0.6) is 0 Å². The third-order valence-corrected chi connectivity index (χ3v) is 5.66. The van der Waals surface area contributed by atoms with Gasteiger partial charge in [0.1, 0.15) is 12.1 Å². The van der Waals surface area contributed by atoms with Gasteiger partial charge in [0.15, 0.2) is 0 Å². The Kier molecular flexibility index (Phi) is 3.77. The minimum absolute atomic E-state index is 0.0902. The lowest BCUT2D eigenvalue weighted by Gasteiger charge is -2.43. The lowest BCUT2D eigenvalue weighted by Crippen LogP contribution is -2.47. The van der Waals surface area contributed by atoms with Crippen molar-refractivity contribution in [3.8, 4) is 11.1 Å². The van der Waals surface area contributed by atoms with Crippen LogP contribution < -0.4 is 10.5 Å². The van der Waals surface area contributed by atoms with E-state index in [0.29, 0.717) is 11.8 Å². The summed E-state index contributed by atoms with van der Waals surface area (Å²) in [6.45, 7) is 4.58. The number of aromatic nitrogens is 4. The predicted molar refractivity (Wildman–Crippen MR) is 104 cm³/mol. The Balaban J connectivity index is 1.54. The van der Waals surface area contributed by atoms with Gasteiger partial charge in [0.2, 0.25) is 0 Å². The maximum atomic E-state index is 12.8. The number of pyridine rings is 2. The standard InChI is InChI=1S/C21H21N5O/c1-14-5-20(24-13-23-14)25-10-15-6-18(12-25)19-7-17(8-21(27)26(19)11-15)16-3-2-4-22-9-16/h2-5,7-9,13,15,18H,6,10-12H2,1H3/t15-,18+/m0/s1. The molecule has 2 aliphatic heterocycles. The smallest absolute Gasteiger partial charge is 0.251 e. The first kappa shape index (κ1) is 16.2. The van der Waals surface area contributed by atoms with Crippen LogP contribution in [0.25, 0.3) is 11.1 Å². The number of piperidine rings is 1. The van der Waals surface area contributed by atoms with Gasteiger partial charge in [-0.05, 0) is 37.0 Å². The zero-order chi connectivity index (χ0) is 18.4. The number of fused-ring (bicyclic) bond motifs is 4. The van der Waals surface area contributed by atoms with Crippen molar-refractivity contribution in [3.05, 3.63) is 70.8 Å². The third-order valence-electron chi connectivity index (χ3n) is 5.66. The molecule has 0 saturated carbocycles. The first-order valence-electron chi connectivity index (χ1n) is 9.36. The first-order valence-corrected chi connectivity index (χ1v) is 9.36. The second kappa shape index (κ2) is 6.30. The van der Waals surface area contributed by atoms with Gasteiger partial charge in [0.05, 0.1) is 0 Å². The molecule has 0 spiro atoms. The molecular formula is C21H21N5O. The fourth-order valence-corrected chi connectivity index (χ4v) is 4.46. The normalized spacial score (nSPS) is 21.0. The number of hydrogen-bond acceptors (Lipinski definition) is 5. The Labute approximate surface area is 157 Å². The summed E-state index contributed by atoms with van der Waals surface area (Å²) in [5, 5.41) is 0. The number of aryl methyl sites for hydroxylation is 1. The van der Waals surface area contributed by atoms with Crippen LogP contribution in [0.2, 0.25) is 0 Å². The maximum absolute atomic E-state index is 12.8. The van der Waals surface area contributed by atoms with Gasteiger partial charge in [-0.15, -0.1) is 0 Å². The number of hydrogen-bond donors (Lipinski definition) is 0. The average molecular weight is 359 g/mol. The third kappa shape index (κ3) is 2.91. The monoisotopic (exact) mass is 359 g/mol. The van der Waals surface area contributed by atoms with Gasteiger partial charge in [-0.3, -0.25) is 9.78 Å². The van der Waals surface area contributed by atoms with E-state index in [4.69, 9.17) is 0 Å². The SMILES string of the molecule is Cc1cc(N2C[C@@H]3C[C@H](C2)c2cc(-c4cccnc4)cc(=O)n2C3)ncn1. The largest absolute Gasteiger partial charge is 0.355 e. The Hall–Kier alpha value is -3.02. The maximum Gasteiger partial charge on any atom is 0.251 e. The van der Waals surface area contributed by atoms with Crippen molar-refractivity contribution >= 4 is 5.82 Å². The van der Waals surface area contributed by atoms with Crippen LogP contribution in [-0.2, 0) is 6.54 Å². The summed E-state index contributed by atoms with van der Waals surface area (Å²) in [7, 11) is 0. The molecule has 0 radical (unpaired) electrons. The molecule has 5 rings (SSSR count). The molecule has 0 unspecified atom stereocenters. The molecule has 2 bridgehead atoms. The van der Waals surface area contributed by atoms with Crippen molar-refractivity contribution in [2.45, 2.75) is 25.8 Å². The summed E-state index contributed by atoms with van der Waals surface area (Å²) in [6, 6.07) is 9.87. The molecule has 6 heteroatoms. The second-order valence-electron chi connectivity index (χ2n) is 7.58. The minimum Gasteiger partial charge on any atom is -0.355 e. The molecule has 0 N–H and O–H groups in total. The molecule has 2 aliphatic rings. The molecular weight excluding hydrogens is 338 g/mol. The van der Waals surface area contributed by atoms with Crippen LogP contribution in [0.4, 0.5) is 5.82 Å². The zero-order valence-corrected chi connectivity index (χ0v) is 15.2. The highest BCUT2D eigenvalue weighted by atomic mass is 16.1. The summed E-state index contributed by atoms with van der Waals surface area (Å²) in [5.74, 6) is 1.78. The molecule has 136 valence electrons. The quantitative estimate of drug-likeness (QED) is 0.704. The van der Waals surface area contributed by atoms with Crippen LogP contribution in [0.3, 0.4) is 0 Å². The number of anilines is 1. The summed E-state index contributed by atoms with van der Waals surface area (Å²) in [5.41, 5.74) is 4.14. The van der Waals surface area contributed by atoms with Crippen LogP contribution in [-0.4, -0.2) is 32.6 Å². The van der Waals surface area contributed by atoms with Gasteiger partial charge in [0.25, 0.3) is 5.56 Å². The van der Waals surface area contributed by atoms with Gasteiger partial charge in [-0.2, -0.15) is 0 Å². The van der Waals surface area contributed by atoms with Crippen molar-refractivity contribution in [3.63, 3.8) is 0 Å². The molecule has 1 saturated heterocycles. The molecule has 1 fully saturated rings. The second-order valence-corrected chi connectivity index (χ2v) is 7.58.